The van der Waals surface area contributed by atoms with E-state index in [-0.39, 0.29) is 37.1 Å². The maximum absolute atomic E-state index is 5.37. The Morgan fingerprint density at radius 3 is 2.33 bits per heavy atom. The molecule has 0 aliphatic heterocycles. The van der Waals surface area contributed by atoms with Crippen molar-refractivity contribution >= 4 is 11.6 Å². The number of nitrogens with zero attached hydrogens (tertiary/aromatic N) is 2. The number of halogens is 1. The SMILES string of the molecule is Clc1cnccn1.N.[H-].[Na+]. The molecule has 0 saturated carbocycles. The quantitative estimate of drug-likeness (QED) is 0.460. The van der Waals surface area contributed by atoms with Crippen LogP contribution in [0.5, 0.6) is 0 Å². The third kappa shape index (κ3) is 4.81. The van der Waals surface area contributed by atoms with Crippen LogP contribution in [0.3, 0.4) is 0 Å². The van der Waals surface area contributed by atoms with Crippen molar-refractivity contribution in [3.05, 3.63) is 23.7 Å². The van der Waals surface area contributed by atoms with Gasteiger partial charge in [0.1, 0.15) is 5.15 Å². The molecule has 0 amide bonds. The molecule has 9 heavy (non-hydrogen) atoms. The van der Waals surface area contributed by atoms with Crippen molar-refractivity contribution < 1.29 is 31.0 Å². The van der Waals surface area contributed by atoms with Crippen LogP contribution >= 0.6 is 11.6 Å². The summed E-state index contributed by atoms with van der Waals surface area (Å²) in [6, 6.07) is 0. The first kappa shape index (κ1) is 12.0. The predicted octanol–water partition coefficient (Wildman–Crippen LogP) is -1.59. The van der Waals surface area contributed by atoms with Crippen LogP contribution < -0.4 is 35.7 Å². The van der Waals surface area contributed by atoms with Gasteiger partial charge in [0.25, 0.3) is 0 Å². The minimum absolute atomic E-state index is 0. The molecule has 1 aromatic rings. The molecule has 1 aromatic heterocycles. The summed E-state index contributed by atoms with van der Waals surface area (Å²) in [6.45, 7) is 0. The molecular weight excluding hydrogens is 149 g/mol. The van der Waals surface area contributed by atoms with Gasteiger partial charge in [0.05, 0.1) is 6.20 Å². The molecule has 3 nitrogen and oxygen atoms in total. The van der Waals surface area contributed by atoms with Crippen molar-refractivity contribution in [3.63, 3.8) is 0 Å². The fraction of sp³-hybridized carbons (Fsp3) is 0. The second-order valence-corrected chi connectivity index (χ2v) is 1.42. The van der Waals surface area contributed by atoms with Crippen LogP contribution in [0.25, 0.3) is 0 Å². The van der Waals surface area contributed by atoms with E-state index in [4.69, 9.17) is 11.6 Å². The van der Waals surface area contributed by atoms with E-state index in [0.717, 1.165) is 0 Å². The molecule has 1 rings (SSSR count). The average Bonchev–Trinajstić information content (AvgIpc) is 1.69. The standard InChI is InChI=1S/C4H3ClN2.H3N.Na.H/c5-4-3-6-1-2-7-4;;;/h1-3H;1H3;;/q;;+1;-1. The van der Waals surface area contributed by atoms with Gasteiger partial charge in [0.15, 0.2) is 0 Å². The summed E-state index contributed by atoms with van der Waals surface area (Å²) in [7, 11) is 0. The topological polar surface area (TPSA) is 60.8 Å². The van der Waals surface area contributed by atoms with Gasteiger partial charge < -0.3 is 7.58 Å². The number of aromatic nitrogens is 2. The van der Waals surface area contributed by atoms with Crippen molar-refractivity contribution in [1.29, 1.82) is 0 Å². The zero-order chi connectivity index (χ0) is 5.11. The third-order valence-electron chi connectivity index (χ3n) is 0.532. The van der Waals surface area contributed by atoms with Gasteiger partial charge in [-0.3, -0.25) is 4.98 Å². The van der Waals surface area contributed by atoms with E-state index < -0.39 is 0 Å². The molecule has 3 N–H and O–H groups in total. The fourth-order valence-electron chi connectivity index (χ4n) is 0.281. The average molecular weight is 156 g/mol. The van der Waals surface area contributed by atoms with E-state index in [0.29, 0.717) is 5.15 Å². The number of hydrogen-bond acceptors (Lipinski definition) is 3. The number of hydrogen-bond donors (Lipinski definition) is 1. The van der Waals surface area contributed by atoms with Gasteiger partial charge in [-0.15, -0.1) is 0 Å². The summed E-state index contributed by atoms with van der Waals surface area (Å²) in [6.07, 6.45) is 4.61. The van der Waals surface area contributed by atoms with E-state index in [9.17, 15) is 0 Å². The van der Waals surface area contributed by atoms with Gasteiger partial charge in [-0.05, 0) is 0 Å². The second kappa shape index (κ2) is 6.45. The van der Waals surface area contributed by atoms with Crippen molar-refractivity contribution in [2.75, 3.05) is 0 Å². The molecule has 0 atom stereocenters. The third-order valence-corrected chi connectivity index (χ3v) is 0.727. The Morgan fingerprint density at radius 2 is 2.11 bits per heavy atom. The molecule has 46 valence electrons. The van der Waals surface area contributed by atoms with Crippen LogP contribution in [0, 0.1) is 0 Å². The fourth-order valence-corrected chi connectivity index (χ4v) is 0.394. The van der Waals surface area contributed by atoms with Crippen molar-refractivity contribution in [1.82, 2.24) is 16.1 Å². The summed E-state index contributed by atoms with van der Waals surface area (Å²) in [5, 5.41) is 0.433. The first-order chi connectivity index (χ1) is 3.39. The summed E-state index contributed by atoms with van der Waals surface area (Å²) in [5.41, 5.74) is 0. The van der Waals surface area contributed by atoms with Crippen molar-refractivity contribution in [2.24, 2.45) is 0 Å². The Balaban J connectivity index is -0.000000163. The molecule has 0 aromatic carbocycles. The Kier molecular flexibility index (Phi) is 8.64. The van der Waals surface area contributed by atoms with E-state index in [1.807, 2.05) is 0 Å². The molecule has 0 radical (unpaired) electrons. The summed E-state index contributed by atoms with van der Waals surface area (Å²) in [4.78, 5) is 7.37. The van der Waals surface area contributed by atoms with Crippen LogP contribution in [0.1, 0.15) is 1.43 Å². The molecule has 0 saturated heterocycles. The molecule has 5 heteroatoms. The van der Waals surface area contributed by atoms with Gasteiger partial charge in [-0.1, -0.05) is 11.6 Å². The molecule has 0 aliphatic carbocycles. The minimum atomic E-state index is 0. The maximum atomic E-state index is 5.37. The van der Waals surface area contributed by atoms with Gasteiger partial charge in [-0.2, -0.15) is 0 Å². The first-order valence-corrected chi connectivity index (χ1v) is 2.19. The van der Waals surface area contributed by atoms with Gasteiger partial charge in [0, 0.05) is 12.4 Å². The Hall–Kier alpha value is 0.330. The van der Waals surface area contributed by atoms with Crippen LogP contribution in [0.4, 0.5) is 0 Å². The molecule has 0 fully saturated rings. The van der Waals surface area contributed by atoms with E-state index in [1.165, 1.54) is 6.20 Å². The monoisotopic (exact) mass is 155 g/mol. The Morgan fingerprint density at radius 1 is 1.44 bits per heavy atom. The summed E-state index contributed by atoms with van der Waals surface area (Å²) >= 11 is 5.37. The predicted molar refractivity (Wildman–Crippen MR) is 33.2 cm³/mol. The number of rotatable bonds is 0. The van der Waals surface area contributed by atoms with Crippen LogP contribution in [0.15, 0.2) is 18.6 Å². The van der Waals surface area contributed by atoms with Crippen LogP contribution in [-0.2, 0) is 0 Å². The van der Waals surface area contributed by atoms with E-state index >= 15 is 0 Å². The normalized spacial score (nSPS) is 6.78. The summed E-state index contributed by atoms with van der Waals surface area (Å²) < 4.78 is 0. The smallest absolute Gasteiger partial charge is 1.00 e. The molecule has 1 heterocycles. The molecular formula is C4H7ClN3Na. The van der Waals surface area contributed by atoms with Crippen molar-refractivity contribution in [2.45, 2.75) is 0 Å². The van der Waals surface area contributed by atoms with Gasteiger partial charge in [-0.25, -0.2) is 4.98 Å². The zero-order valence-electron chi connectivity index (χ0n) is 6.21. The van der Waals surface area contributed by atoms with E-state index in [2.05, 4.69) is 9.97 Å². The summed E-state index contributed by atoms with van der Waals surface area (Å²) in [5.74, 6) is 0. The minimum Gasteiger partial charge on any atom is -1.00 e. The molecule has 0 unspecified atom stereocenters. The maximum Gasteiger partial charge on any atom is 1.00 e. The van der Waals surface area contributed by atoms with Gasteiger partial charge >= 0.3 is 29.6 Å². The second-order valence-electron chi connectivity index (χ2n) is 1.03. The molecule has 0 bridgehead atoms. The Labute approximate surface area is 82.2 Å². The molecule has 0 aliphatic rings. The van der Waals surface area contributed by atoms with E-state index in [1.54, 1.807) is 12.4 Å². The van der Waals surface area contributed by atoms with Crippen LogP contribution in [0.2, 0.25) is 5.15 Å². The largest absolute Gasteiger partial charge is 1.00 e. The zero-order valence-corrected chi connectivity index (χ0v) is 7.97. The van der Waals surface area contributed by atoms with Crippen molar-refractivity contribution in [3.8, 4) is 0 Å². The molecule has 0 spiro atoms. The van der Waals surface area contributed by atoms with Crippen LogP contribution in [-0.4, -0.2) is 9.97 Å². The first-order valence-electron chi connectivity index (χ1n) is 1.81. The van der Waals surface area contributed by atoms with Gasteiger partial charge in [0.2, 0.25) is 0 Å². The Bertz CT molecular complexity index is 150.